The fourth-order valence-electron chi connectivity index (χ4n) is 3.31. The average Bonchev–Trinajstić information content (AvgIpc) is 2.73. The molecule has 0 aliphatic carbocycles. The number of pyridine rings is 2. The standard InChI is InChI=1S/C22H22F3N3O2S/c1-4-17-18(14-5-8-16(9-6-14)31(29,30)13(2)3)12-28-21(26)20(17)15-7-10-19(27-11-15)22(23,24)25/h5-13H,4H2,1-3H3,(H2,26,28). The van der Waals surface area contributed by atoms with E-state index >= 15 is 0 Å². The van der Waals surface area contributed by atoms with Crippen LogP contribution in [0.4, 0.5) is 19.0 Å². The molecule has 0 radical (unpaired) electrons. The number of halogens is 3. The molecule has 0 spiro atoms. The van der Waals surface area contributed by atoms with Crippen LogP contribution in [-0.2, 0) is 22.4 Å². The molecular formula is C22H22F3N3O2S. The Morgan fingerprint density at radius 3 is 2.06 bits per heavy atom. The lowest BCUT2D eigenvalue weighted by Crippen LogP contribution is -2.13. The zero-order valence-electron chi connectivity index (χ0n) is 17.2. The van der Waals surface area contributed by atoms with Gasteiger partial charge in [-0.3, -0.25) is 4.98 Å². The second-order valence-corrected chi connectivity index (χ2v) is 9.82. The minimum atomic E-state index is -4.53. The summed E-state index contributed by atoms with van der Waals surface area (Å²) < 4.78 is 63.3. The van der Waals surface area contributed by atoms with Crippen molar-refractivity contribution in [1.82, 2.24) is 9.97 Å². The van der Waals surface area contributed by atoms with E-state index in [1.54, 1.807) is 44.3 Å². The maximum absolute atomic E-state index is 12.9. The first-order valence-electron chi connectivity index (χ1n) is 9.62. The molecule has 0 aliphatic heterocycles. The zero-order valence-corrected chi connectivity index (χ0v) is 18.1. The average molecular weight is 449 g/mol. The Morgan fingerprint density at radius 2 is 1.58 bits per heavy atom. The summed E-state index contributed by atoms with van der Waals surface area (Å²) in [6.45, 7) is 5.14. The van der Waals surface area contributed by atoms with Gasteiger partial charge in [0.1, 0.15) is 11.5 Å². The number of hydrogen-bond acceptors (Lipinski definition) is 5. The molecule has 0 unspecified atom stereocenters. The molecule has 2 aromatic heterocycles. The van der Waals surface area contributed by atoms with Crippen LogP contribution >= 0.6 is 0 Å². The third-order valence-electron chi connectivity index (χ3n) is 5.03. The highest BCUT2D eigenvalue weighted by atomic mass is 32.2. The third-order valence-corrected chi connectivity index (χ3v) is 7.20. The van der Waals surface area contributed by atoms with Crippen molar-refractivity contribution in [3.05, 3.63) is 60.0 Å². The molecule has 2 N–H and O–H groups in total. The van der Waals surface area contributed by atoms with E-state index in [0.29, 0.717) is 17.5 Å². The van der Waals surface area contributed by atoms with Gasteiger partial charge in [-0.15, -0.1) is 0 Å². The summed E-state index contributed by atoms with van der Waals surface area (Å²) in [6.07, 6.45) is -1.28. The molecule has 0 bridgehead atoms. The number of alkyl halides is 3. The van der Waals surface area contributed by atoms with Crippen LogP contribution in [-0.4, -0.2) is 23.6 Å². The van der Waals surface area contributed by atoms with Crippen molar-refractivity contribution in [1.29, 1.82) is 0 Å². The van der Waals surface area contributed by atoms with Crippen molar-refractivity contribution in [2.75, 3.05) is 5.73 Å². The van der Waals surface area contributed by atoms with Crippen LogP contribution in [0.1, 0.15) is 32.0 Å². The van der Waals surface area contributed by atoms with E-state index in [1.807, 2.05) is 6.92 Å². The first-order chi connectivity index (χ1) is 14.5. The van der Waals surface area contributed by atoms with Crippen LogP contribution < -0.4 is 5.73 Å². The fourth-order valence-corrected chi connectivity index (χ4v) is 4.37. The number of anilines is 1. The summed E-state index contributed by atoms with van der Waals surface area (Å²) in [5.74, 6) is 0.182. The van der Waals surface area contributed by atoms with Gasteiger partial charge < -0.3 is 5.73 Å². The summed E-state index contributed by atoms with van der Waals surface area (Å²) in [5, 5.41) is -0.540. The quantitative estimate of drug-likeness (QED) is 0.582. The van der Waals surface area contributed by atoms with Crippen molar-refractivity contribution >= 4 is 15.7 Å². The predicted octanol–water partition coefficient (Wildman–Crippen LogP) is 5.16. The molecule has 31 heavy (non-hydrogen) atoms. The monoisotopic (exact) mass is 449 g/mol. The number of aromatic nitrogens is 2. The molecule has 0 fully saturated rings. The lowest BCUT2D eigenvalue weighted by molar-refractivity contribution is -0.141. The topological polar surface area (TPSA) is 85.9 Å². The van der Waals surface area contributed by atoms with Gasteiger partial charge in [-0.25, -0.2) is 13.4 Å². The summed E-state index contributed by atoms with van der Waals surface area (Å²) in [5.41, 5.74) is 8.27. The molecule has 5 nitrogen and oxygen atoms in total. The van der Waals surface area contributed by atoms with Gasteiger partial charge in [0.2, 0.25) is 0 Å². The van der Waals surface area contributed by atoms with E-state index in [2.05, 4.69) is 9.97 Å². The van der Waals surface area contributed by atoms with Gasteiger partial charge in [-0.1, -0.05) is 25.1 Å². The van der Waals surface area contributed by atoms with Crippen molar-refractivity contribution < 1.29 is 21.6 Å². The Kier molecular flexibility index (Phi) is 6.09. The highest BCUT2D eigenvalue weighted by Gasteiger charge is 2.32. The Labute approximate surface area is 179 Å². The van der Waals surface area contributed by atoms with Gasteiger partial charge in [0, 0.05) is 29.1 Å². The molecule has 3 aromatic rings. The molecule has 3 rings (SSSR count). The predicted molar refractivity (Wildman–Crippen MR) is 114 cm³/mol. The number of rotatable bonds is 5. The van der Waals surface area contributed by atoms with Gasteiger partial charge in [0.25, 0.3) is 0 Å². The van der Waals surface area contributed by atoms with Crippen LogP contribution in [0.2, 0.25) is 0 Å². The summed E-state index contributed by atoms with van der Waals surface area (Å²) in [7, 11) is -3.40. The highest BCUT2D eigenvalue weighted by Crippen LogP contribution is 2.37. The minimum Gasteiger partial charge on any atom is -0.383 e. The van der Waals surface area contributed by atoms with Crippen molar-refractivity contribution in [2.45, 2.75) is 43.5 Å². The van der Waals surface area contributed by atoms with Crippen LogP contribution in [0.25, 0.3) is 22.3 Å². The Morgan fingerprint density at radius 1 is 0.968 bits per heavy atom. The van der Waals surface area contributed by atoms with Crippen molar-refractivity contribution in [3.8, 4) is 22.3 Å². The Bertz CT molecular complexity index is 1190. The third kappa shape index (κ3) is 4.41. The van der Waals surface area contributed by atoms with E-state index in [0.717, 1.165) is 29.0 Å². The van der Waals surface area contributed by atoms with Gasteiger partial charge in [-0.2, -0.15) is 13.2 Å². The fraction of sp³-hybridized carbons (Fsp3) is 0.273. The molecule has 0 aliphatic rings. The van der Waals surface area contributed by atoms with Crippen LogP contribution in [0.3, 0.4) is 0 Å². The molecule has 0 saturated carbocycles. The zero-order chi connectivity index (χ0) is 23.0. The number of nitrogens with two attached hydrogens (primary N) is 1. The highest BCUT2D eigenvalue weighted by molar-refractivity contribution is 7.92. The molecular weight excluding hydrogens is 427 g/mol. The molecule has 164 valence electrons. The van der Waals surface area contributed by atoms with E-state index in [-0.39, 0.29) is 10.7 Å². The second kappa shape index (κ2) is 8.30. The normalized spacial score (nSPS) is 12.4. The van der Waals surface area contributed by atoms with E-state index in [1.165, 1.54) is 6.07 Å². The molecule has 0 amide bonds. The molecule has 0 saturated heterocycles. The van der Waals surface area contributed by atoms with Gasteiger partial charge >= 0.3 is 6.18 Å². The minimum absolute atomic E-state index is 0.182. The van der Waals surface area contributed by atoms with Crippen LogP contribution in [0.15, 0.2) is 53.7 Å². The number of sulfone groups is 1. The summed E-state index contributed by atoms with van der Waals surface area (Å²) in [4.78, 5) is 7.97. The molecule has 2 heterocycles. The maximum atomic E-state index is 12.9. The molecule has 1 aromatic carbocycles. The van der Waals surface area contributed by atoms with Crippen LogP contribution in [0, 0.1) is 0 Å². The molecule has 0 atom stereocenters. The van der Waals surface area contributed by atoms with E-state index < -0.39 is 27.0 Å². The van der Waals surface area contributed by atoms with Crippen LogP contribution in [0.5, 0.6) is 0 Å². The first kappa shape index (κ1) is 22.7. The van der Waals surface area contributed by atoms with E-state index in [9.17, 15) is 21.6 Å². The number of nitrogen functional groups attached to an aromatic ring is 1. The van der Waals surface area contributed by atoms with Crippen molar-refractivity contribution in [2.24, 2.45) is 0 Å². The first-order valence-corrected chi connectivity index (χ1v) is 11.2. The Hall–Kier alpha value is -2.94. The van der Waals surface area contributed by atoms with Gasteiger partial charge in [-0.05, 0) is 49.6 Å². The van der Waals surface area contributed by atoms with Gasteiger partial charge in [0.05, 0.1) is 10.1 Å². The largest absolute Gasteiger partial charge is 0.433 e. The van der Waals surface area contributed by atoms with E-state index in [4.69, 9.17) is 5.73 Å². The second-order valence-electron chi connectivity index (χ2n) is 7.31. The number of hydrogen-bond donors (Lipinski definition) is 1. The maximum Gasteiger partial charge on any atom is 0.433 e. The number of nitrogens with zero attached hydrogens (tertiary/aromatic N) is 2. The lowest BCUT2D eigenvalue weighted by Gasteiger charge is -2.16. The van der Waals surface area contributed by atoms with Gasteiger partial charge in [0.15, 0.2) is 9.84 Å². The molecule has 9 heteroatoms. The lowest BCUT2D eigenvalue weighted by atomic mass is 9.92. The Balaban J connectivity index is 2.10. The number of benzene rings is 1. The van der Waals surface area contributed by atoms with Crippen molar-refractivity contribution in [3.63, 3.8) is 0 Å². The summed E-state index contributed by atoms with van der Waals surface area (Å²) >= 11 is 0. The SMILES string of the molecule is CCc1c(-c2ccc(S(=O)(=O)C(C)C)cc2)cnc(N)c1-c1ccc(C(F)(F)F)nc1. The summed E-state index contributed by atoms with van der Waals surface area (Å²) in [6, 6.07) is 8.70. The smallest absolute Gasteiger partial charge is 0.383 e.